The molecular weight excluding hydrogens is 339 g/mol. The molecule has 0 spiro atoms. The lowest BCUT2D eigenvalue weighted by Gasteiger charge is -2.02. The van der Waals surface area contributed by atoms with Crippen molar-refractivity contribution >= 4 is 30.8 Å². The van der Waals surface area contributed by atoms with Crippen molar-refractivity contribution in [2.45, 2.75) is 13.0 Å². The van der Waals surface area contributed by atoms with E-state index in [1.807, 2.05) is 25.2 Å². The van der Waals surface area contributed by atoms with E-state index >= 15 is 0 Å². The Hall–Kier alpha value is -1.53. The third-order valence-corrected chi connectivity index (χ3v) is 3.14. The second-order valence-corrected chi connectivity index (χ2v) is 4.79. The van der Waals surface area contributed by atoms with E-state index in [4.69, 9.17) is 9.52 Å². The van der Waals surface area contributed by atoms with Gasteiger partial charge in [-0.05, 0) is 50.8 Å². The number of furan rings is 1. The number of carboxylic acids is 1. The fraction of sp³-hybridized carbons (Fsp3) is 0.312. The molecule has 0 atom stereocenters. The number of carbonyl (C=O) groups is 1. The Morgan fingerprint density at radius 1 is 1.17 bits per heavy atom. The standard InChI is InChI=1S/C16H20N2O3.2ClH/c1-17-8-3-9-18-11-14-6-7-15(21-14)12-4-2-5-13(10-12)16(19)20;;/h2,4-7,10,17-18H,3,8-9,11H2,1H3,(H,19,20);2*1H. The van der Waals surface area contributed by atoms with Gasteiger partial charge in [-0.1, -0.05) is 12.1 Å². The summed E-state index contributed by atoms with van der Waals surface area (Å²) < 4.78 is 5.74. The average molecular weight is 361 g/mol. The molecule has 0 aliphatic heterocycles. The first-order valence-corrected chi connectivity index (χ1v) is 6.98. The molecule has 1 aromatic carbocycles. The number of aromatic carboxylic acids is 1. The van der Waals surface area contributed by atoms with E-state index in [0.717, 1.165) is 30.8 Å². The van der Waals surface area contributed by atoms with Gasteiger partial charge in [-0.15, -0.1) is 24.8 Å². The summed E-state index contributed by atoms with van der Waals surface area (Å²) in [4.78, 5) is 11.0. The molecule has 2 rings (SSSR count). The molecule has 0 unspecified atom stereocenters. The van der Waals surface area contributed by atoms with E-state index < -0.39 is 5.97 Å². The average Bonchev–Trinajstić information content (AvgIpc) is 2.96. The number of nitrogens with one attached hydrogen (secondary N) is 2. The van der Waals surface area contributed by atoms with Crippen molar-refractivity contribution in [1.82, 2.24) is 10.6 Å². The van der Waals surface area contributed by atoms with Crippen LogP contribution in [0.25, 0.3) is 11.3 Å². The predicted molar refractivity (Wildman–Crippen MR) is 95.8 cm³/mol. The van der Waals surface area contributed by atoms with Crippen LogP contribution in [0.15, 0.2) is 40.8 Å². The Bertz CT molecular complexity index is 603. The summed E-state index contributed by atoms with van der Waals surface area (Å²) in [5.74, 6) is 0.593. The van der Waals surface area contributed by atoms with Crippen molar-refractivity contribution in [3.8, 4) is 11.3 Å². The van der Waals surface area contributed by atoms with E-state index in [-0.39, 0.29) is 30.4 Å². The Morgan fingerprint density at radius 3 is 2.65 bits per heavy atom. The molecule has 0 saturated heterocycles. The monoisotopic (exact) mass is 360 g/mol. The maximum absolute atomic E-state index is 11.0. The van der Waals surface area contributed by atoms with Crippen molar-refractivity contribution in [2.75, 3.05) is 20.1 Å². The molecule has 0 bridgehead atoms. The number of hydrogen-bond donors (Lipinski definition) is 3. The second kappa shape index (κ2) is 11.1. The van der Waals surface area contributed by atoms with E-state index in [9.17, 15) is 4.79 Å². The van der Waals surface area contributed by atoms with Gasteiger partial charge in [0.25, 0.3) is 0 Å². The molecule has 3 N–H and O–H groups in total. The highest BCUT2D eigenvalue weighted by molar-refractivity contribution is 5.89. The van der Waals surface area contributed by atoms with Crippen molar-refractivity contribution in [3.63, 3.8) is 0 Å². The van der Waals surface area contributed by atoms with Crippen LogP contribution in [0.5, 0.6) is 0 Å². The number of rotatable bonds is 8. The quantitative estimate of drug-likeness (QED) is 0.630. The number of halogens is 2. The Morgan fingerprint density at radius 2 is 1.96 bits per heavy atom. The molecule has 1 aromatic heterocycles. The maximum Gasteiger partial charge on any atom is 0.335 e. The zero-order valence-corrected chi connectivity index (χ0v) is 14.5. The first kappa shape index (κ1) is 21.5. The van der Waals surface area contributed by atoms with Crippen LogP contribution in [0.3, 0.4) is 0 Å². The van der Waals surface area contributed by atoms with Crippen LogP contribution in [-0.2, 0) is 6.54 Å². The minimum Gasteiger partial charge on any atom is -0.478 e. The molecule has 1 heterocycles. The summed E-state index contributed by atoms with van der Waals surface area (Å²) in [5, 5.41) is 15.4. The summed E-state index contributed by atoms with van der Waals surface area (Å²) in [5.41, 5.74) is 1.03. The Balaban J connectivity index is 0.00000242. The lowest BCUT2D eigenvalue weighted by Crippen LogP contribution is -2.19. The van der Waals surface area contributed by atoms with Crippen LogP contribution in [0, 0.1) is 0 Å². The van der Waals surface area contributed by atoms with Gasteiger partial charge in [0.15, 0.2) is 0 Å². The molecule has 2 aromatic rings. The number of benzene rings is 1. The highest BCUT2D eigenvalue weighted by Gasteiger charge is 2.08. The molecule has 0 saturated carbocycles. The fourth-order valence-electron chi connectivity index (χ4n) is 2.04. The van der Waals surface area contributed by atoms with Gasteiger partial charge in [0, 0.05) is 5.56 Å². The molecule has 0 radical (unpaired) electrons. The van der Waals surface area contributed by atoms with E-state index in [2.05, 4.69) is 10.6 Å². The summed E-state index contributed by atoms with van der Waals surface area (Å²) in [7, 11) is 1.93. The van der Waals surface area contributed by atoms with Crippen LogP contribution in [-0.4, -0.2) is 31.2 Å². The van der Waals surface area contributed by atoms with Crippen LogP contribution < -0.4 is 10.6 Å². The minimum atomic E-state index is -0.935. The topological polar surface area (TPSA) is 74.5 Å². The van der Waals surface area contributed by atoms with Gasteiger partial charge in [-0.2, -0.15) is 0 Å². The summed E-state index contributed by atoms with van der Waals surface area (Å²) in [6.07, 6.45) is 1.06. The van der Waals surface area contributed by atoms with Gasteiger partial charge in [0.05, 0.1) is 12.1 Å². The highest BCUT2D eigenvalue weighted by Crippen LogP contribution is 2.23. The van der Waals surface area contributed by atoms with Crippen LogP contribution in [0.4, 0.5) is 0 Å². The fourth-order valence-corrected chi connectivity index (χ4v) is 2.04. The largest absolute Gasteiger partial charge is 0.478 e. The molecule has 0 fully saturated rings. The van der Waals surface area contributed by atoms with Crippen LogP contribution >= 0.6 is 24.8 Å². The summed E-state index contributed by atoms with van der Waals surface area (Å²) >= 11 is 0. The smallest absolute Gasteiger partial charge is 0.335 e. The molecular formula is C16H22Cl2N2O3. The molecule has 23 heavy (non-hydrogen) atoms. The molecule has 7 heteroatoms. The van der Waals surface area contributed by atoms with Gasteiger partial charge in [0.1, 0.15) is 11.5 Å². The Kier molecular flexibility index (Phi) is 10.3. The lowest BCUT2D eigenvalue weighted by molar-refractivity contribution is 0.0697. The zero-order chi connectivity index (χ0) is 15.1. The maximum atomic E-state index is 11.0. The van der Waals surface area contributed by atoms with Crippen molar-refractivity contribution in [2.24, 2.45) is 0 Å². The van der Waals surface area contributed by atoms with Crippen LogP contribution in [0.2, 0.25) is 0 Å². The Labute approximate surface area is 148 Å². The molecule has 0 amide bonds. The molecule has 128 valence electrons. The van der Waals surface area contributed by atoms with E-state index in [0.29, 0.717) is 12.3 Å². The minimum absolute atomic E-state index is 0. The first-order chi connectivity index (χ1) is 10.2. The van der Waals surface area contributed by atoms with Crippen molar-refractivity contribution in [1.29, 1.82) is 0 Å². The van der Waals surface area contributed by atoms with E-state index in [1.54, 1.807) is 18.2 Å². The third kappa shape index (κ3) is 6.62. The van der Waals surface area contributed by atoms with Gasteiger partial charge in [-0.3, -0.25) is 0 Å². The van der Waals surface area contributed by atoms with E-state index in [1.165, 1.54) is 0 Å². The molecule has 5 nitrogen and oxygen atoms in total. The molecule has 0 aliphatic carbocycles. The number of hydrogen-bond acceptors (Lipinski definition) is 4. The van der Waals surface area contributed by atoms with Crippen molar-refractivity contribution < 1.29 is 14.3 Å². The van der Waals surface area contributed by atoms with Gasteiger partial charge < -0.3 is 20.2 Å². The first-order valence-electron chi connectivity index (χ1n) is 6.98. The summed E-state index contributed by atoms with van der Waals surface area (Å²) in [6, 6.07) is 10.5. The third-order valence-electron chi connectivity index (χ3n) is 3.14. The lowest BCUT2D eigenvalue weighted by atomic mass is 10.1. The SMILES string of the molecule is CNCCCNCc1ccc(-c2cccc(C(=O)O)c2)o1.Cl.Cl. The molecule has 0 aliphatic rings. The van der Waals surface area contributed by atoms with Gasteiger partial charge >= 0.3 is 5.97 Å². The van der Waals surface area contributed by atoms with Gasteiger partial charge in [-0.25, -0.2) is 4.79 Å². The summed E-state index contributed by atoms with van der Waals surface area (Å²) in [6.45, 7) is 2.58. The number of carboxylic acid groups (broad SMARTS) is 1. The van der Waals surface area contributed by atoms with Crippen LogP contribution in [0.1, 0.15) is 22.5 Å². The zero-order valence-electron chi connectivity index (χ0n) is 12.9. The predicted octanol–water partition coefficient (Wildman–Crippen LogP) is 3.19. The van der Waals surface area contributed by atoms with Gasteiger partial charge in [0.2, 0.25) is 0 Å². The van der Waals surface area contributed by atoms with Crippen molar-refractivity contribution in [3.05, 3.63) is 47.7 Å². The normalized spacial score (nSPS) is 9.78. The highest BCUT2D eigenvalue weighted by atomic mass is 35.5. The second-order valence-electron chi connectivity index (χ2n) is 4.79.